The van der Waals surface area contributed by atoms with E-state index in [9.17, 15) is 13.6 Å². The zero-order valence-electron chi connectivity index (χ0n) is 12.0. The number of amides is 1. The number of carbonyl (C=O) groups is 1. The van der Waals surface area contributed by atoms with Crippen LogP contribution in [0.15, 0.2) is 22.6 Å². The van der Waals surface area contributed by atoms with E-state index in [-0.39, 0.29) is 17.3 Å². The van der Waals surface area contributed by atoms with Crippen molar-refractivity contribution >= 4 is 11.6 Å². The standard InChI is InChI=1S/C15H16F2N2O2/c1-7-4-10(9(3)21-7)8(2)19-14-5-11(15(18)20)12(16)6-13(14)17/h4-6,8,19H,1-3H3,(H2,18,20). The molecular formula is C15H16F2N2O2. The predicted molar refractivity (Wildman–Crippen MR) is 75.1 cm³/mol. The Morgan fingerprint density at radius 3 is 2.43 bits per heavy atom. The van der Waals surface area contributed by atoms with Crippen LogP contribution in [0.2, 0.25) is 0 Å². The summed E-state index contributed by atoms with van der Waals surface area (Å²) in [7, 11) is 0. The highest BCUT2D eigenvalue weighted by atomic mass is 19.1. The fourth-order valence-corrected chi connectivity index (χ4v) is 2.24. The fraction of sp³-hybridized carbons (Fsp3) is 0.267. The first-order valence-electron chi connectivity index (χ1n) is 6.42. The minimum Gasteiger partial charge on any atom is -0.466 e. The van der Waals surface area contributed by atoms with Crippen LogP contribution in [-0.2, 0) is 0 Å². The number of nitrogens with one attached hydrogen (secondary N) is 1. The Morgan fingerprint density at radius 2 is 1.90 bits per heavy atom. The molecule has 0 saturated carbocycles. The number of aryl methyl sites for hydroxylation is 2. The maximum Gasteiger partial charge on any atom is 0.251 e. The molecule has 2 aromatic rings. The summed E-state index contributed by atoms with van der Waals surface area (Å²) in [6.45, 7) is 5.42. The minimum absolute atomic E-state index is 0.0101. The zero-order chi connectivity index (χ0) is 15.7. The molecule has 1 atom stereocenters. The summed E-state index contributed by atoms with van der Waals surface area (Å²) in [6, 6.07) is 3.28. The second kappa shape index (κ2) is 5.55. The predicted octanol–water partition coefficient (Wildman–Crippen LogP) is 3.45. The Labute approximate surface area is 120 Å². The number of benzene rings is 1. The molecule has 0 aliphatic carbocycles. The van der Waals surface area contributed by atoms with Crippen molar-refractivity contribution in [3.8, 4) is 0 Å². The van der Waals surface area contributed by atoms with Crippen molar-refractivity contribution in [1.29, 1.82) is 0 Å². The summed E-state index contributed by atoms with van der Waals surface area (Å²) in [4.78, 5) is 11.1. The molecule has 21 heavy (non-hydrogen) atoms. The van der Waals surface area contributed by atoms with Crippen LogP contribution in [0.5, 0.6) is 0 Å². The second-order valence-corrected chi connectivity index (χ2v) is 4.91. The van der Waals surface area contributed by atoms with Crippen molar-refractivity contribution < 1.29 is 18.0 Å². The number of rotatable bonds is 4. The zero-order valence-corrected chi connectivity index (χ0v) is 12.0. The van der Waals surface area contributed by atoms with E-state index in [1.165, 1.54) is 0 Å². The third-order valence-corrected chi connectivity index (χ3v) is 3.24. The van der Waals surface area contributed by atoms with Crippen molar-refractivity contribution in [1.82, 2.24) is 0 Å². The lowest BCUT2D eigenvalue weighted by atomic mass is 10.1. The Bertz CT molecular complexity index is 695. The Kier molecular flexibility index (Phi) is 3.97. The SMILES string of the molecule is Cc1cc(C(C)Nc2cc(C(N)=O)c(F)cc2F)c(C)o1. The Hall–Kier alpha value is -2.37. The molecule has 1 aromatic carbocycles. The van der Waals surface area contributed by atoms with Gasteiger partial charge in [-0.25, -0.2) is 8.78 Å². The van der Waals surface area contributed by atoms with Crippen LogP contribution < -0.4 is 11.1 Å². The van der Waals surface area contributed by atoms with Crippen LogP contribution in [0.3, 0.4) is 0 Å². The normalized spacial score (nSPS) is 12.2. The van der Waals surface area contributed by atoms with Crippen LogP contribution in [0.4, 0.5) is 14.5 Å². The van der Waals surface area contributed by atoms with Gasteiger partial charge in [-0.05, 0) is 32.9 Å². The smallest absolute Gasteiger partial charge is 0.251 e. The van der Waals surface area contributed by atoms with Gasteiger partial charge in [0, 0.05) is 11.6 Å². The summed E-state index contributed by atoms with van der Waals surface area (Å²) in [6.07, 6.45) is 0. The van der Waals surface area contributed by atoms with Gasteiger partial charge in [0.25, 0.3) is 5.91 Å². The number of halogens is 2. The van der Waals surface area contributed by atoms with Crippen LogP contribution in [0, 0.1) is 25.5 Å². The molecule has 0 spiro atoms. The Morgan fingerprint density at radius 1 is 1.24 bits per heavy atom. The molecule has 0 aliphatic heterocycles. The molecule has 0 saturated heterocycles. The molecule has 1 heterocycles. The number of nitrogens with two attached hydrogens (primary N) is 1. The molecule has 0 radical (unpaired) electrons. The van der Waals surface area contributed by atoms with E-state index in [1.807, 2.05) is 19.9 Å². The van der Waals surface area contributed by atoms with Crippen LogP contribution >= 0.6 is 0 Å². The summed E-state index contributed by atoms with van der Waals surface area (Å²) < 4.78 is 32.6. The highest BCUT2D eigenvalue weighted by Crippen LogP contribution is 2.27. The van der Waals surface area contributed by atoms with E-state index in [0.29, 0.717) is 11.8 Å². The third-order valence-electron chi connectivity index (χ3n) is 3.24. The van der Waals surface area contributed by atoms with E-state index in [1.54, 1.807) is 6.92 Å². The lowest BCUT2D eigenvalue weighted by Crippen LogP contribution is -2.15. The van der Waals surface area contributed by atoms with Gasteiger partial charge in [0.2, 0.25) is 0 Å². The monoisotopic (exact) mass is 294 g/mol. The highest BCUT2D eigenvalue weighted by molar-refractivity contribution is 5.94. The van der Waals surface area contributed by atoms with Gasteiger partial charge in [-0.15, -0.1) is 0 Å². The average Bonchev–Trinajstić information content (AvgIpc) is 2.71. The third kappa shape index (κ3) is 3.04. The Balaban J connectivity index is 2.33. The molecule has 4 nitrogen and oxygen atoms in total. The molecule has 2 rings (SSSR count). The molecule has 3 N–H and O–H groups in total. The first-order chi connectivity index (χ1) is 9.79. The summed E-state index contributed by atoms with van der Waals surface area (Å²) in [5.41, 5.74) is 5.57. The molecule has 6 heteroatoms. The van der Waals surface area contributed by atoms with Gasteiger partial charge in [0.1, 0.15) is 23.2 Å². The average molecular weight is 294 g/mol. The van der Waals surface area contributed by atoms with Gasteiger partial charge < -0.3 is 15.5 Å². The number of furan rings is 1. The van der Waals surface area contributed by atoms with E-state index in [2.05, 4.69) is 5.32 Å². The molecule has 1 aromatic heterocycles. The van der Waals surface area contributed by atoms with Gasteiger partial charge >= 0.3 is 0 Å². The van der Waals surface area contributed by atoms with E-state index < -0.39 is 17.5 Å². The lowest BCUT2D eigenvalue weighted by molar-refractivity contribution is 0.0996. The van der Waals surface area contributed by atoms with Crippen LogP contribution in [-0.4, -0.2) is 5.91 Å². The molecular weight excluding hydrogens is 278 g/mol. The molecule has 0 fully saturated rings. The van der Waals surface area contributed by atoms with Crippen molar-refractivity contribution in [3.05, 3.63) is 52.5 Å². The maximum absolute atomic E-state index is 13.8. The van der Waals surface area contributed by atoms with E-state index >= 15 is 0 Å². The number of primary amides is 1. The minimum atomic E-state index is -0.978. The quantitative estimate of drug-likeness (QED) is 0.907. The molecule has 0 aliphatic rings. The molecule has 112 valence electrons. The fourth-order valence-electron chi connectivity index (χ4n) is 2.24. The lowest BCUT2D eigenvalue weighted by Gasteiger charge is -2.16. The first-order valence-corrected chi connectivity index (χ1v) is 6.42. The highest BCUT2D eigenvalue weighted by Gasteiger charge is 2.17. The second-order valence-electron chi connectivity index (χ2n) is 4.91. The summed E-state index contributed by atoms with van der Waals surface area (Å²) in [5.74, 6) is -1.26. The van der Waals surface area contributed by atoms with Gasteiger partial charge in [0.05, 0.1) is 17.3 Å². The maximum atomic E-state index is 13.8. The molecule has 1 unspecified atom stereocenters. The molecule has 1 amide bonds. The van der Waals surface area contributed by atoms with Crippen molar-refractivity contribution in [3.63, 3.8) is 0 Å². The number of carbonyl (C=O) groups excluding carboxylic acids is 1. The van der Waals surface area contributed by atoms with Crippen molar-refractivity contribution in [2.75, 3.05) is 5.32 Å². The van der Waals surface area contributed by atoms with E-state index in [0.717, 1.165) is 17.4 Å². The number of anilines is 1. The topological polar surface area (TPSA) is 68.3 Å². The first kappa shape index (κ1) is 15.0. The summed E-state index contributed by atoms with van der Waals surface area (Å²) in [5, 5.41) is 2.89. The van der Waals surface area contributed by atoms with Crippen molar-refractivity contribution in [2.45, 2.75) is 26.8 Å². The van der Waals surface area contributed by atoms with Gasteiger partial charge in [-0.3, -0.25) is 4.79 Å². The number of hydrogen-bond donors (Lipinski definition) is 2. The number of hydrogen-bond acceptors (Lipinski definition) is 3. The van der Waals surface area contributed by atoms with Gasteiger partial charge in [-0.1, -0.05) is 0 Å². The molecule has 0 bridgehead atoms. The van der Waals surface area contributed by atoms with Gasteiger partial charge in [-0.2, -0.15) is 0 Å². The van der Waals surface area contributed by atoms with Crippen LogP contribution in [0.1, 0.15) is 40.4 Å². The largest absolute Gasteiger partial charge is 0.466 e. The summed E-state index contributed by atoms with van der Waals surface area (Å²) >= 11 is 0. The van der Waals surface area contributed by atoms with Gasteiger partial charge in [0.15, 0.2) is 0 Å². The van der Waals surface area contributed by atoms with Crippen LogP contribution in [0.25, 0.3) is 0 Å². The van der Waals surface area contributed by atoms with Crippen molar-refractivity contribution in [2.24, 2.45) is 5.73 Å². The van der Waals surface area contributed by atoms with E-state index in [4.69, 9.17) is 10.2 Å².